The lowest BCUT2D eigenvalue weighted by molar-refractivity contribution is 0.386. The molecule has 0 atom stereocenters. The van der Waals surface area contributed by atoms with Crippen LogP contribution >= 0.6 is 0 Å². The number of anilines is 1. The monoisotopic (exact) mass is 313 g/mol. The van der Waals surface area contributed by atoms with Gasteiger partial charge in [-0.25, -0.2) is 10.8 Å². The van der Waals surface area contributed by atoms with Crippen molar-refractivity contribution in [1.29, 1.82) is 0 Å². The zero-order valence-electron chi connectivity index (χ0n) is 12.4. The van der Waals surface area contributed by atoms with Crippen LogP contribution < -0.4 is 28.6 Å². The molecule has 0 aliphatic heterocycles. The Morgan fingerprint density at radius 2 is 1.96 bits per heavy atom. The fourth-order valence-electron chi connectivity index (χ4n) is 2.00. The first-order valence-electron chi connectivity index (χ1n) is 6.81. The van der Waals surface area contributed by atoms with Crippen LogP contribution in [0.5, 0.6) is 0 Å². The van der Waals surface area contributed by atoms with E-state index in [-0.39, 0.29) is 22.6 Å². The highest BCUT2D eigenvalue weighted by molar-refractivity contribution is 6.02. The summed E-state index contributed by atoms with van der Waals surface area (Å²) >= 11 is 0. The number of H-pyrrole nitrogens is 1. The summed E-state index contributed by atoms with van der Waals surface area (Å²) < 4.78 is 0. The van der Waals surface area contributed by atoms with E-state index in [2.05, 4.69) is 9.98 Å². The van der Waals surface area contributed by atoms with Crippen LogP contribution in [0, 0.1) is 0 Å². The Balaban J connectivity index is 2.21. The fourth-order valence-corrected chi connectivity index (χ4v) is 2.00. The number of rotatable bonds is 5. The highest BCUT2D eigenvalue weighted by atomic mass is 16.1. The number of aliphatic imine (C=N–C) groups is 1. The number of nitrogens with one attached hydrogen (secondary N) is 1. The Labute approximate surface area is 133 Å². The molecule has 0 bridgehead atoms. The van der Waals surface area contributed by atoms with E-state index in [4.69, 9.17) is 23.0 Å². The average molecular weight is 313 g/mol. The molecule has 1 aromatic carbocycles. The lowest BCUT2D eigenvalue weighted by Gasteiger charge is -2.13. The zero-order chi connectivity index (χ0) is 16.8. The van der Waals surface area contributed by atoms with Crippen molar-refractivity contribution in [3.05, 3.63) is 70.4 Å². The van der Waals surface area contributed by atoms with Gasteiger partial charge in [-0.1, -0.05) is 12.1 Å². The molecular formula is C15H19N7O. The van der Waals surface area contributed by atoms with Crippen LogP contribution in [0.1, 0.15) is 11.1 Å². The predicted molar refractivity (Wildman–Crippen MR) is 91.4 cm³/mol. The lowest BCUT2D eigenvalue weighted by atomic mass is 10.2. The lowest BCUT2D eigenvalue weighted by Crippen LogP contribution is -2.25. The normalized spacial score (nSPS) is 11.8. The van der Waals surface area contributed by atoms with Crippen molar-refractivity contribution in [2.45, 2.75) is 6.54 Å². The number of aromatic amines is 1. The SMILES string of the molecule is N/C=C\N(N)Cc1ccc(N=C(N)c2c(N)cc[nH]c2=O)cc1. The van der Waals surface area contributed by atoms with Gasteiger partial charge in [0.2, 0.25) is 0 Å². The molecule has 1 heterocycles. The largest absolute Gasteiger partial charge is 0.403 e. The number of pyridine rings is 1. The Bertz CT molecular complexity index is 777. The van der Waals surface area contributed by atoms with Crippen LogP contribution in [0.25, 0.3) is 0 Å². The smallest absolute Gasteiger partial charge is 0.261 e. The minimum atomic E-state index is -0.379. The third kappa shape index (κ3) is 4.11. The summed E-state index contributed by atoms with van der Waals surface area (Å²) in [6, 6.07) is 8.82. The molecule has 0 amide bonds. The summed E-state index contributed by atoms with van der Waals surface area (Å²) in [6.07, 6.45) is 4.38. The third-order valence-corrected chi connectivity index (χ3v) is 3.08. The quantitative estimate of drug-likeness (QED) is 0.228. The minimum absolute atomic E-state index is 0.0589. The van der Waals surface area contributed by atoms with Crippen LogP contribution in [0.4, 0.5) is 11.4 Å². The first-order valence-corrected chi connectivity index (χ1v) is 6.81. The molecule has 0 unspecified atom stereocenters. The second-order valence-electron chi connectivity index (χ2n) is 4.81. The first-order chi connectivity index (χ1) is 11.0. The number of benzene rings is 1. The Hall–Kier alpha value is -3.26. The molecule has 8 nitrogen and oxygen atoms in total. The van der Waals surface area contributed by atoms with E-state index in [1.54, 1.807) is 24.4 Å². The van der Waals surface area contributed by atoms with Crippen LogP contribution in [0.2, 0.25) is 0 Å². The van der Waals surface area contributed by atoms with E-state index >= 15 is 0 Å². The van der Waals surface area contributed by atoms with Gasteiger partial charge in [0.15, 0.2) is 0 Å². The van der Waals surface area contributed by atoms with Gasteiger partial charge in [-0.3, -0.25) is 4.79 Å². The fraction of sp³-hybridized carbons (Fsp3) is 0.0667. The Morgan fingerprint density at radius 1 is 1.26 bits per heavy atom. The summed E-state index contributed by atoms with van der Waals surface area (Å²) in [5.41, 5.74) is 18.6. The van der Waals surface area contributed by atoms with Gasteiger partial charge in [-0.15, -0.1) is 0 Å². The van der Waals surface area contributed by atoms with E-state index in [0.29, 0.717) is 12.2 Å². The molecule has 0 aliphatic rings. The Morgan fingerprint density at radius 3 is 2.57 bits per heavy atom. The van der Waals surface area contributed by atoms with E-state index < -0.39 is 0 Å². The van der Waals surface area contributed by atoms with Gasteiger partial charge < -0.3 is 27.2 Å². The second-order valence-corrected chi connectivity index (χ2v) is 4.81. The molecule has 2 aromatic rings. The summed E-state index contributed by atoms with van der Waals surface area (Å²) in [4.78, 5) is 18.5. The van der Waals surface area contributed by atoms with Crippen LogP contribution in [-0.2, 0) is 6.54 Å². The van der Waals surface area contributed by atoms with Gasteiger partial charge in [0.1, 0.15) is 11.4 Å². The van der Waals surface area contributed by atoms with Gasteiger partial charge in [0.25, 0.3) is 5.56 Å². The molecule has 23 heavy (non-hydrogen) atoms. The van der Waals surface area contributed by atoms with E-state index in [1.807, 2.05) is 12.1 Å². The van der Waals surface area contributed by atoms with Crippen molar-refractivity contribution in [2.24, 2.45) is 22.3 Å². The molecule has 0 spiro atoms. The van der Waals surface area contributed by atoms with Crippen molar-refractivity contribution < 1.29 is 0 Å². The number of hydrogen-bond acceptors (Lipinski definition) is 6. The van der Waals surface area contributed by atoms with Crippen molar-refractivity contribution in [1.82, 2.24) is 9.99 Å². The zero-order valence-corrected chi connectivity index (χ0v) is 12.4. The number of nitrogen functional groups attached to an aromatic ring is 1. The molecule has 0 saturated carbocycles. The topological polar surface area (TPSA) is 153 Å². The van der Waals surface area contributed by atoms with Crippen molar-refractivity contribution >= 4 is 17.2 Å². The Kier molecular flexibility index (Phi) is 5.00. The van der Waals surface area contributed by atoms with E-state index in [1.165, 1.54) is 17.4 Å². The number of aromatic nitrogens is 1. The van der Waals surface area contributed by atoms with Gasteiger partial charge in [0.05, 0.1) is 12.2 Å². The molecule has 0 saturated heterocycles. The number of hydrazine groups is 1. The molecule has 8 heteroatoms. The number of hydrogen-bond donors (Lipinski definition) is 5. The number of nitrogens with two attached hydrogens (primary N) is 4. The van der Waals surface area contributed by atoms with Gasteiger partial charge in [-0.05, 0) is 23.8 Å². The molecular weight excluding hydrogens is 294 g/mol. The number of nitrogens with zero attached hydrogens (tertiary/aromatic N) is 2. The predicted octanol–water partition coefficient (Wildman–Crippen LogP) is 0.0997. The molecule has 9 N–H and O–H groups in total. The maximum atomic E-state index is 11.8. The molecule has 0 radical (unpaired) electrons. The van der Waals surface area contributed by atoms with Gasteiger partial charge >= 0.3 is 0 Å². The maximum absolute atomic E-state index is 11.8. The van der Waals surface area contributed by atoms with Crippen molar-refractivity contribution in [3.63, 3.8) is 0 Å². The van der Waals surface area contributed by atoms with Gasteiger partial charge in [0, 0.05) is 24.3 Å². The maximum Gasteiger partial charge on any atom is 0.261 e. The van der Waals surface area contributed by atoms with Crippen LogP contribution in [-0.4, -0.2) is 15.8 Å². The standard InChI is InChI=1S/C15H19N7O/c16-6-8-22(19)9-10-1-3-11(4-2-10)21-14(18)13-12(17)5-7-20-15(13)23/h1-8H,9,16,19H2,(H2,18,21)(H3,17,20,23)/b8-6-. The highest BCUT2D eigenvalue weighted by Crippen LogP contribution is 2.15. The number of amidine groups is 1. The summed E-state index contributed by atoms with van der Waals surface area (Å²) in [6.45, 7) is 0.498. The van der Waals surface area contributed by atoms with Crippen molar-refractivity contribution in [2.75, 3.05) is 5.73 Å². The highest BCUT2D eigenvalue weighted by Gasteiger charge is 2.08. The first kappa shape index (κ1) is 16.1. The van der Waals surface area contributed by atoms with Gasteiger partial charge in [-0.2, -0.15) is 0 Å². The van der Waals surface area contributed by atoms with E-state index in [9.17, 15) is 4.79 Å². The molecule has 120 valence electrons. The molecule has 2 rings (SSSR count). The van der Waals surface area contributed by atoms with Crippen LogP contribution in [0.15, 0.2) is 58.7 Å². The molecule has 0 fully saturated rings. The van der Waals surface area contributed by atoms with Crippen LogP contribution in [0.3, 0.4) is 0 Å². The minimum Gasteiger partial charge on any atom is -0.403 e. The molecule has 0 aliphatic carbocycles. The van der Waals surface area contributed by atoms with Crippen molar-refractivity contribution in [3.8, 4) is 0 Å². The summed E-state index contributed by atoms with van der Waals surface area (Å²) in [5.74, 6) is 5.77. The molecule has 1 aromatic heterocycles. The summed E-state index contributed by atoms with van der Waals surface area (Å²) in [7, 11) is 0. The van der Waals surface area contributed by atoms with E-state index in [0.717, 1.165) is 5.56 Å². The average Bonchev–Trinajstić information content (AvgIpc) is 2.49. The third-order valence-electron chi connectivity index (χ3n) is 3.08. The second kappa shape index (κ2) is 7.14. The summed E-state index contributed by atoms with van der Waals surface area (Å²) in [5, 5.41) is 1.46.